The summed E-state index contributed by atoms with van der Waals surface area (Å²) in [6, 6.07) is -0.516. The monoisotopic (exact) mass is 200 g/mol. The fourth-order valence-corrected chi connectivity index (χ4v) is 1.97. The van der Waals surface area contributed by atoms with Crippen molar-refractivity contribution < 1.29 is 9.53 Å². The first-order valence-electron chi connectivity index (χ1n) is 5.06. The molecule has 82 valence electrons. The Bertz CT molecular complexity index is 216. The van der Waals surface area contributed by atoms with Crippen molar-refractivity contribution in [3.8, 4) is 0 Å². The molecular formula is C10H20N2O2. The van der Waals surface area contributed by atoms with E-state index in [0.717, 1.165) is 6.54 Å². The Hall–Kier alpha value is -0.610. The summed E-state index contributed by atoms with van der Waals surface area (Å²) in [6.45, 7) is 5.99. The molecule has 1 saturated heterocycles. The molecule has 0 saturated carbocycles. The second-order valence-corrected chi connectivity index (χ2v) is 4.49. The first-order chi connectivity index (χ1) is 6.47. The molecule has 1 aliphatic heterocycles. The number of nitrogens with zero attached hydrogens (tertiary/aromatic N) is 1. The number of ether oxygens (including phenoxy) is 1. The average molecular weight is 200 g/mol. The van der Waals surface area contributed by atoms with E-state index in [0.29, 0.717) is 6.54 Å². The smallest absolute Gasteiger partial charge is 0.323 e. The van der Waals surface area contributed by atoms with Crippen LogP contribution in [0.25, 0.3) is 0 Å². The van der Waals surface area contributed by atoms with Crippen LogP contribution in [0.2, 0.25) is 0 Å². The van der Waals surface area contributed by atoms with Crippen LogP contribution >= 0.6 is 0 Å². The number of carbonyl (C=O) groups excluding carboxylic acids is 1. The number of hydrogen-bond donors (Lipinski definition) is 1. The van der Waals surface area contributed by atoms with Gasteiger partial charge in [-0.25, -0.2) is 0 Å². The van der Waals surface area contributed by atoms with E-state index in [1.165, 1.54) is 20.0 Å². The first-order valence-corrected chi connectivity index (χ1v) is 5.06. The number of carbonyl (C=O) groups is 1. The predicted octanol–water partition coefficient (Wildman–Crippen LogP) is 0.361. The zero-order valence-corrected chi connectivity index (χ0v) is 9.25. The Kier molecular flexibility index (Phi) is 3.50. The topological polar surface area (TPSA) is 55.6 Å². The van der Waals surface area contributed by atoms with Gasteiger partial charge in [-0.2, -0.15) is 0 Å². The molecule has 1 fully saturated rings. The normalized spacial score (nSPS) is 23.4. The van der Waals surface area contributed by atoms with Gasteiger partial charge in [0.15, 0.2) is 0 Å². The van der Waals surface area contributed by atoms with E-state index in [9.17, 15) is 4.79 Å². The second-order valence-electron chi connectivity index (χ2n) is 4.49. The number of methoxy groups -OCH3 is 1. The van der Waals surface area contributed by atoms with Gasteiger partial charge in [0.2, 0.25) is 0 Å². The molecular weight excluding hydrogens is 180 g/mol. The molecule has 1 unspecified atom stereocenters. The summed E-state index contributed by atoms with van der Waals surface area (Å²) in [6.07, 6.45) is 2.35. The molecule has 1 rings (SSSR count). The lowest BCUT2D eigenvalue weighted by Gasteiger charge is -2.32. The van der Waals surface area contributed by atoms with Crippen LogP contribution in [0.5, 0.6) is 0 Å². The van der Waals surface area contributed by atoms with Gasteiger partial charge in [0, 0.05) is 12.1 Å². The summed E-state index contributed by atoms with van der Waals surface area (Å²) in [5.74, 6) is -0.326. The molecule has 0 bridgehead atoms. The highest BCUT2D eigenvalue weighted by Gasteiger charge is 2.33. The van der Waals surface area contributed by atoms with Gasteiger partial charge in [0.1, 0.15) is 6.04 Å². The summed E-state index contributed by atoms with van der Waals surface area (Å²) < 4.78 is 4.60. The van der Waals surface area contributed by atoms with Gasteiger partial charge in [-0.15, -0.1) is 0 Å². The van der Waals surface area contributed by atoms with Crippen molar-refractivity contribution in [1.29, 1.82) is 0 Å². The van der Waals surface area contributed by atoms with Gasteiger partial charge in [-0.3, -0.25) is 9.69 Å². The van der Waals surface area contributed by atoms with Crippen molar-refractivity contribution in [2.45, 2.75) is 38.3 Å². The highest BCUT2D eigenvalue weighted by molar-refractivity contribution is 5.75. The summed E-state index contributed by atoms with van der Waals surface area (Å²) in [5, 5.41) is 0. The lowest BCUT2D eigenvalue weighted by molar-refractivity contribution is -0.142. The minimum atomic E-state index is -0.516. The third-order valence-corrected chi connectivity index (χ3v) is 2.99. The lowest BCUT2D eigenvalue weighted by atomic mass is 10.0. The van der Waals surface area contributed by atoms with E-state index in [-0.39, 0.29) is 11.5 Å². The third kappa shape index (κ3) is 2.45. The third-order valence-electron chi connectivity index (χ3n) is 2.99. The number of nitrogens with two attached hydrogens (primary N) is 1. The molecule has 4 heteroatoms. The van der Waals surface area contributed by atoms with Gasteiger partial charge in [-0.05, 0) is 33.2 Å². The van der Waals surface area contributed by atoms with E-state index in [1.807, 2.05) is 0 Å². The van der Waals surface area contributed by atoms with Gasteiger partial charge < -0.3 is 10.5 Å². The van der Waals surface area contributed by atoms with E-state index in [1.54, 1.807) is 0 Å². The highest BCUT2D eigenvalue weighted by atomic mass is 16.5. The van der Waals surface area contributed by atoms with Crippen molar-refractivity contribution in [2.75, 3.05) is 20.2 Å². The maximum absolute atomic E-state index is 11.1. The Morgan fingerprint density at radius 3 is 2.71 bits per heavy atom. The summed E-state index contributed by atoms with van der Waals surface area (Å²) in [4.78, 5) is 13.4. The molecule has 0 aromatic heterocycles. The van der Waals surface area contributed by atoms with E-state index in [2.05, 4.69) is 23.5 Å². The molecule has 0 aliphatic carbocycles. The maximum Gasteiger partial charge on any atom is 0.323 e. The highest BCUT2D eigenvalue weighted by Crippen LogP contribution is 2.27. The molecule has 0 spiro atoms. The maximum atomic E-state index is 11.1. The molecule has 0 amide bonds. The zero-order chi connectivity index (χ0) is 10.8. The van der Waals surface area contributed by atoms with Crippen LogP contribution in [-0.4, -0.2) is 42.6 Å². The summed E-state index contributed by atoms with van der Waals surface area (Å²) in [5.41, 5.74) is 5.88. The Morgan fingerprint density at radius 2 is 2.29 bits per heavy atom. The quantitative estimate of drug-likeness (QED) is 0.668. The molecule has 2 N–H and O–H groups in total. The van der Waals surface area contributed by atoms with Crippen LogP contribution in [0, 0.1) is 0 Å². The van der Waals surface area contributed by atoms with E-state index >= 15 is 0 Å². The minimum Gasteiger partial charge on any atom is -0.468 e. The summed E-state index contributed by atoms with van der Waals surface area (Å²) in [7, 11) is 1.37. The SMILES string of the molecule is COC(=O)C(N)CN1CCCC1(C)C. The van der Waals surface area contributed by atoms with Crippen LogP contribution in [0.15, 0.2) is 0 Å². The van der Waals surface area contributed by atoms with E-state index in [4.69, 9.17) is 5.73 Å². The van der Waals surface area contributed by atoms with Gasteiger partial charge in [0.05, 0.1) is 7.11 Å². The molecule has 1 heterocycles. The molecule has 0 radical (unpaired) electrons. The Labute approximate surface area is 85.4 Å². The van der Waals surface area contributed by atoms with Crippen LogP contribution in [0.3, 0.4) is 0 Å². The molecule has 14 heavy (non-hydrogen) atoms. The zero-order valence-electron chi connectivity index (χ0n) is 9.25. The molecule has 0 aromatic carbocycles. The van der Waals surface area contributed by atoms with Crippen LogP contribution < -0.4 is 5.73 Å². The second kappa shape index (κ2) is 4.28. The molecule has 1 aliphatic rings. The summed E-state index contributed by atoms with van der Waals surface area (Å²) >= 11 is 0. The predicted molar refractivity (Wildman–Crippen MR) is 54.9 cm³/mol. The lowest BCUT2D eigenvalue weighted by Crippen LogP contribution is -2.48. The van der Waals surface area contributed by atoms with Crippen LogP contribution in [0.4, 0.5) is 0 Å². The van der Waals surface area contributed by atoms with Crippen molar-refractivity contribution in [3.05, 3.63) is 0 Å². The largest absolute Gasteiger partial charge is 0.468 e. The number of esters is 1. The van der Waals surface area contributed by atoms with E-state index < -0.39 is 6.04 Å². The van der Waals surface area contributed by atoms with Crippen molar-refractivity contribution in [2.24, 2.45) is 5.73 Å². The Morgan fingerprint density at radius 1 is 1.64 bits per heavy atom. The van der Waals surface area contributed by atoms with Crippen molar-refractivity contribution >= 4 is 5.97 Å². The van der Waals surface area contributed by atoms with Crippen molar-refractivity contribution in [1.82, 2.24) is 4.90 Å². The van der Waals surface area contributed by atoms with Gasteiger partial charge in [0.25, 0.3) is 0 Å². The number of likely N-dealkylation sites (tertiary alicyclic amines) is 1. The number of rotatable bonds is 3. The van der Waals surface area contributed by atoms with Gasteiger partial charge in [-0.1, -0.05) is 0 Å². The minimum absolute atomic E-state index is 0.172. The van der Waals surface area contributed by atoms with Crippen LogP contribution in [-0.2, 0) is 9.53 Å². The van der Waals surface area contributed by atoms with Crippen LogP contribution in [0.1, 0.15) is 26.7 Å². The van der Waals surface area contributed by atoms with Gasteiger partial charge >= 0.3 is 5.97 Å². The fraction of sp³-hybridized carbons (Fsp3) is 0.900. The fourth-order valence-electron chi connectivity index (χ4n) is 1.97. The molecule has 4 nitrogen and oxygen atoms in total. The van der Waals surface area contributed by atoms with Crippen molar-refractivity contribution in [3.63, 3.8) is 0 Å². The Balaban J connectivity index is 2.48. The molecule has 0 aromatic rings. The number of hydrogen-bond acceptors (Lipinski definition) is 4. The first kappa shape index (κ1) is 11.5. The molecule has 1 atom stereocenters. The average Bonchev–Trinajstić information content (AvgIpc) is 2.44. The standard InChI is InChI=1S/C10H20N2O2/c1-10(2)5-4-6-12(10)7-8(11)9(13)14-3/h8H,4-7,11H2,1-3H3.